The third-order valence-corrected chi connectivity index (χ3v) is 4.60. The van der Waals surface area contributed by atoms with Gasteiger partial charge in [-0.2, -0.15) is 0 Å². The molecule has 2 heterocycles. The van der Waals surface area contributed by atoms with E-state index in [4.69, 9.17) is 0 Å². The number of rotatable bonds is 4. The van der Waals surface area contributed by atoms with Crippen LogP contribution < -0.4 is 5.32 Å². The first kappa shape index (κ1) is 14.8. The lowest BCUT2D eigenvalue weighted by Gasteiger charge is -2.11. The SMILES string of the molecule is Fc1ccccc1-c1nc(NCc2cccs2)c2ccccc2n1. The molecule has 4 aromatic rings. The summed E-state index contributed by atoms with van der Waals surface area (Å²) in [7, 11) is 0. The van der Waals surface area contributed by atoms with Crippen molar-refractivity contribution >= 4 is 28.1 Å². The molecule has 0 aliphatic carbocycles. The number of para-hydroxylation sites is 1. The predicted molar refractivity (Wildman–Crippen MR) is 96.6 cm³/mol. The number of nitrogens with one attached hydrogen (secondary N) is 1. The number of benzene rings is 2. The van der Waals surface area contributed by atoms with Gasteiger partial charge in [0.2, 0.25) is 0 Å². The van der Waals surface area contributed by atoms with Crippen LogP contribution in [0, 0.1) is 5.82 Å². The minimum Gasteiger partial charge on any atom is -0.365 e. The van der Waals surface area contributed by atoms with Crippen molar-refractivity contribution in [1.29, 1.82) is 0 Å². The maximum absolute atomic E-state index is 14.1. The second-order valence-electron chi connectivity index (χ2n) is 5.33. The van der Waals surface area contributed by atoms with Gasteiger partial charge in [0.15, 0.2) is 5.82 Å². The van der Waals surface area contributed by atoms with Crippen LogP contribution in [0.3, 0.4) is 0 Å². The van der Waals surface area contributed by atoms with Gasteiger partial charge in [0.25, 0.3) is 0 Å². The molecule has 0 atom stereocenters. The molecule has 0 saturated heterocycles. The largest absolute Gasteiger partial charge is 0.365 e. The molecule has 0 radical (unpaired) electrons. The quantitative estimate of drug-likeness (QED) is 0.563. The van der Waals surface area contributed by atoms with E-state index in [1.807, 2.05) is 35.7 Å². The molecule has 0 aliphatic rings. The molecule has 0 bridgehead atoms. The minimum atomic E-state index is -0.322. The van der Waals surface area contributed by atoms with Crippen molar-refractivity contribution in [3.8, 4) is 11.4 Å². The second-order valence-corrected chi connectivity index (χ2v) is 6.36. The number of aromatic nitrogens is 2. The van der Waals surface area contributed by atoms with Crippen molar-refractivity contribution < 1.29 is 4.39 Å². The zero-order chi connectivity index (χ0) is 16.4. The van der Waals surface area contributed by atoms with E-state index in [1.165, 1.54) is 10.9 Å². The van der Waals surface area contributed by atoms with Crippen LogP contribution in [0.25, 0.3) is 22.3 Å². The Morgan fingerprint density at radius 1 is 0.917 bits per heavy atom. The lowest BCUT2D eigenvalue weighted by atomic mass is 10.1. The Morgan fingerprint density at radius 3 is 2.58 bits per heavy atom. The molecular weight excluding hydrogens is 321 g/mol. The molecule has 0 aliphatic heterocycles. The number of halogens is 1. The Labute approximate surface area is 142 Å². The minimum absolute atomic E-state index is 0.322. The number of hydrogen-bond acceptors (Lipinski definition) is 4. The van der Waals surface area contributed by atoms with Crippen molar-refractivity contribution in [3.05, 3.63) is 76.7 Å². The number of nitrogens with zero attached hydrogens (tertiary/aromatic N) is 2. The average Bonchev–Trinajstić information content (AvgIpc) is 3.13. The summed E-state index contributed by atoms with van der Waals surface area (Å²) < 4.78 is 14.1. The monoisotopic (exact) mass is 335 g/mol. The number of thiophene rings is 1. The predicted octanol–water partition coefficient (Wildman–Crippen LogP) is 5.11. The van der Waals surface area contributed by atoms with Crippen LogP contribution in [0.1, 0.15) is 4.88 Å². The van der Waals surface area contributed by atoms with Crippen LogP contribution in [0.4, 0.5) is 10.2 Å². The van der Waals surface area contributed by atoms with Gasteiger partial charge in [0, 0.05) is 10.3 Å². The number of hydrogen-bond donors (Lipinski definition) is 1. The smallest absolute Gasteiger partial charge is 0.165 e. The van der Waals surface area contributed by atoms with Crippen molar-refractivity contribution in [2.24, 2.45) is 0 Å². The molecule has 0 saturated carbocycles. The Bertz CT molecular complexity index is 983. The molecule has 0 spiro atoms. The van der Waals surface area contributed by atoms with E-state index >= 15 is 0 Å². The van der Waals surface area contributed by atoms with E-state index in [1.54, 1.807) is 29.5 Å². The summed E-state index contributed by atoms with van der Waals surface area (Å²) in [4.78, 5) is 10.3. The third kappa shape index (κ3) is 2.86. The highest BCUT2D eigenvalue weighted by Crippen LogP contribution is 2.26. The van der Waals surface area contributed by atoms with E-state index in [0.29, 0.717) is 23.8 Å². The molecule has 24 heavy (non-hydrogen) atoms. The lowest BCUT2D eigenvalue weighted by Crippen LogP contribution is -2.03. The van der Waals surface area contributed by atoms with E-state index in [0.717, 1.165) is 10.9 Å². The Balaban J connectivity index is 1.80. The first-order chi connectivity index (χ1) is 11.8. The van der Waals surface area contributed by atoms with Gasteiger partial charge >= 0.3 is 0 Å². The van der Waals surface area contributed by atoms with Crippen LogP contribution in [-0.4, -0.2) is 9.97 Å². The molecule has 4 rings (SSSR count). The molecule has 1 N–H and O–H groups in total. The van der Waals surface area contributed by atoms with Crippen LogP contribution in [-0.2, 0) is 6.54 Å². The summed E-state index contributed by atoms with van der Waals surface area (Å²) in [6.45, 7) is 0.676. The fourth-order valence-electron chi connectivity index (χ4n) is 2.56. The zero-order valence-electron chi connectivity index (χ0n) is 12.7. The Kier molecular flexibility index (Phi) is 3.92. The van der Waals surface area contributed by atoms with Gasteiger partial charge in [-0.15, -0.1) is 11.3 Å². The van der Waals surface area contributed by atoms with Crippen LogP contribution in [0.5, 0.6) is 0 Å². The summed E-state index contributed by atoms with van der Waals surface area (Å²) in [6.07, 6.45) is 0. The molecule has 0 unspecified atom stereocenters. The maximum Gasteiger partial charge on any atom is 0.165 e. The summed E-state index contributed by atoms with van der Waals surface area (Å²) in [5, 5.41) is 6.32. The van der Waals surface area contributed by atoms with Gasteiger partial charge in [-0.25, -0.2) is 14.4 Å². The van der Waals surface area contributed by atoms with Crippen molar-refractivity contribution in [1.82, 2.24) is 9.97 Å². The van der Waals surface area contributed by atoms with Crippen molar-refractivity contribution in [2.75, 3.05) is 5.32 Å². The van der Waals surface area contributed by atoms with E-state index in [9.17, 15) is 4.39 Å². The summed E-state index contributed by atoms with van der Waals surface area (Å²) in [5.41, 5.74) is 1.20. The number of fused-ring (bicyclic) bond motifs is 1. The Morgan fingerprint density at radius 2 is 1.75 bits per heavy atom. The zero-order valence-corrected chi connectivity index (χ0v) is 13.6. The van der Waals surface area contributed by atoms with E-state index in [-0.39, 0.29) is 5.82 Å². The van der Waals surface area contributed by atoms with Gasteiger partial charge < -0.3 is 5.32 Å². The van der Waals surface area contributed by atoms with Crippen LogP contribution >= 0.6 is 11.3 Å². The fourth-order valence-corrected chi connectivity index (χ4v) is 3.20. The van der Waals surface area contributed by atoms with Crippen LogP contribution in [0.2, 0.25) is 0 Å². The molecular formula is C19H14FN3S. The Hall–Kier alpha value is -2.79. The van der Waals surface area contributed by atoms with E-state index < -0.39 is 0 Å². The molecule has 3 nitrogen and oxygen atoms in total. The molecule has 2 aromatic carbocycles. The normalized spacial score (nSPS) is 10.9. The van der Waals surface area contributed by atoms with Gasteiger partial charge in [-0.1, -0.05) is 30.3 Å². The molecule has 5 heteroatoms. The first-order valence-electron chi connectivity index (χ1n) is 7.59. The summed E-state index contributed by atoms with van der Waals surface area (Å²) in [5.74, 6) is 0.782. The van der Waals surface area contributed by atoms with Crippen LogP contribution in [0.15, 0.2) is 66.0 Å². The fraction of sp³-hybridized carbons (Fsp3) is 0.0526. The summed E-state index contributed by atoms with van der Waals surface area (Å²) >= 11 is 1.68. The second kappa shape index (κ2) is 6.37. The highest BCUT2D eigenvalue weighted by Gasteiger charge is 2.12. The maximum atomic E-state index is 14.1. The van der Waals surface area contributed by atoms with E-state index in [2.05, 4.69) is 21.4 Å². The topological polar surface area (TPSA) is 37.8 Å². The van der Waals surface area contributed by atoms with Gasteiger partial charge in [0.05, 0.1) is 17.6 Å². The average molecular weight is 335 g/mol. The first-order valence-corrected chi connectivity index (χ1v) is 8.47. The molecule has 0 fully saturated rings. The number of anilines is 1. The molecule has 118 valence electrons. The van der Waals surface area contributed by atoms with Gasteiger partial charge in [0.1, 0.15) is 11.6 Å². The summed E-state index contributed by atoms with van der Waals surface area (Å²) in [6, 6.07) is 18.4. The molecule has 2 aromatic heterocycles. The lowest BCUT2D eigenvalue weighted by molar-refractivity contribution is 0.630. The third-order valence-electron chi connectivity index (χ3n) is 3.73. The highest BCUT2D eigenvalue weighted by molar-refractivity contribution is 7.09. The highest BCUT2D eigenvalue weighted by atomic mass is 32.1. The van der Waals surface area contributed by atoms with Gasteiger partial charge in [-0.3, -0.25) is 0 Å². The van der Waals surface area contributed by atoms with Crippen molar-refractivity contribution in [3.63, 3.8) is 0 Å². The van der Waals surface area contributed by atoms with Crippen molar-refractivity contribution in [2.45, 2.75) is 6.54 Å². The van der Waals surface area contributed by atoms with Gasteiger partial charge in [-0.05, 0) is 35.7 Å². The standard InChI is InChI=1S/C19H14FN3S/c20-16-9-3-1-7-14(16)19-22-17-10-4-2-8-15(17)18(23-19)21-12-13-6-5-11-24-13/h1-11H,12H2,(H,21,22,23). The molecule has 0 amide bonds.